The van der Waals surface area contributed by atoms with Gasteiger partial charge in [0.1, 0.15) is 18.7 Å². The number of nitrogens with zero attached hydrogens (tertiary/aromatic N) is 2. The van der Waals surface area contributed by atoms with E-state index in [0.717, 1.165) is 17.7 Å². The molecule has 114 valence electrons. The van der Waals surface area contributed by atoms with Crippen LogP contribution in [-0.2, 0) is 11.2 Å². The fraction of sp³-hybridized carbons (Fsp3) is 0.267. The number of rotatable bonds is 8. The maximum Gasteiger partial charge on any atom is 0.230 e. The van der Waals surface area contributed by atoms with Crippen molar-refractivity contribution in [3.8, 4) is 18.1 Å². The summed E-state index contributed by atoms with van der Waals surface area (Å²) in [5.74, 6) is 3.44. The van der Waals surface area contributed by atoms with Crippen LogP contribution in [0.15, 0.2) is 35.7 Å². The highest BCUT2D eigenvalue weighted by atomic mass is 32.2. The van der Waals surface area contributed by atoms with E-state index in [1.165, 1.54) is 18.1 Å². The predicted octanol–water partition coefficient (Wildman–Crippen LogP) is 1.27. The van der Waals surface area contributed by atoms with Gasteiger partial charge in [-0.05, 0) is 24.1 Å². The van der Waals surface area contributed by atoms with Crippen molar-refractivity contribution in [3.63, 3.8) is 0 Å². The number of carbonyl (C=O) groups is 1. The molecule has 0 saturated heterocycles. The molecule has 0 unspecified atom stereocenters. The number of aromatic nitrogens is 3. The highest BCUT2D eigenvalue weighted by Crippen LogP contribution is 2.12. The molecule has 0 fully saturated rings. The number of thioether (sulfide) groups is 1. The van der Waals surface area contributed by atoms with Crippen LogP contribution in [0.25, 0.3) is 0 Å². The lowest BCUT2D eigenvalue weighted by atomic mass is 10.1. The fourth-order valence-corrected chi connectivity index (χ4v) is 2.28. The Balaban J connectivity index is 1.65. The molecular weight excluding hydrogens is 300 g/mol. The highest BCUT2D eigenvalue weighted by Gasteiger charge is 2.04. The maximum absolute atomic E-state index is 11.7. The van der Waals surface area contributed by atoms with Crippen molar-refractivity contribution in [2.45, 2.75) is 11.6 Å². The number of nitrogens with one attached hydrogen (secondary N) is 2. The van der Waals surface area contributed by atoms with E-state index < -0.39 is 0 Å². The van der Waals surface area contributed by atoms with Gasteiger partial charge in [0.05, 0.1) is 5.75 Å². The van der Waals surface area contributed by atoms with Crippen molar-refractivity contribution < 1.29 is 9.53 Å². The van der Waals surface area contributed by atoms with Crippen molar-refractivity contribution in [2.24, 2.45) is 0 Å². The third-order valence-electron chi connectivity index (χ3n) is 2.71. The number of terminal acetylenes is 1. The summed E-state index contributed by atoms with van der Waals surface area (Å²) in [5, 5.41) is 9.91. The molecule has 1 heterocycles. The van der Waals surface area contributed by atoms with E-state index in [2.05, 4.69) is 26.4 Å². The minimum Gasteiger partial charge on any atom is -0.481 e. The third kappa shape index (κ3) is 5.50. The number of ether oxygens (including phenoxy) is 1. The second kappa shape index (κ2) is 8.74. The van der Waals surface area contributed by atoms with Gasteiger partial charge >= 0.3 is 0 Å². The van der Waals surface area contributed by atoms with Gasteiger partial charge in [-0.3, -0.25) is 9.89 Å². The average molecular weight is 316 g/mol. The van der Waals surface area contributed by atoms with E-state index in [1.807, 2.05) is 24.3 Å². The largest absolute Gasteiger partial charge is 0.481 e. The number of aromatic amines is 1. The van der Waals surface area contributed by atoms with Crippen LogP contribution in [0.1, 0.15) is 5.56 Å². The second-order valence-corrected chi connectivity index (χ2v) is 5.28. The van der Waals surface area contributed by atoms with E-state index in [4.69, 9.17) is 11.2 Å². The van der Waals surface area contributed by atoms with Crippen molar-refractivity contribution in [1.29, 1.82) is 0 Å². The molecular formula is C15H16N4O2S. The highest BCUT2D eigenvalue weighted by molar-refractivity contribution is 7.99. The maximum atomic E-state index is 11.7. The molecule has 2 rings (SSSR count). The van der Waals surface area contributed by atoms with Crippen LogP contribution >= 0.6 is 11.8 Å². The summed E-state index contributed by atoms with van der Waals surface area (Å²) in [7, 11) is 0. The van der Waals surface area contributed by atoms with Crippen LogP contribution in [-0.4, -0.2) is 40.0 Å². The van der Waals surface area contributed by atoms with Gasteiger partial charge in [0.2, 0.25) is 5.91 Å². The monoisotopic (exact) mass is 316 g/mol. The Hall–Kier alpha value is -2.46. The molecule has 1 aromatic heterocycles. The molecule has 0 radical (unpaired) electrons. The molecule has 0 aliphatic carbocycles. The lowest BCUT2D eigenvalue weighted by molar-refractivity contribution is -0.118. The molecule has 1 amide bonds. The summed E-state index contributed by atoms with van der Waals surface area (Å²) in [5.41, 5.74) is 1.12. The fourth-order valence-electron chi connectivity index (χ4n) is 1.67. The molecule has 22 heavy (non-hydrogen) atoms. The van der Waals surface area contributed by atoms with E-state index in [-0.39, 0.29) is 12.5 Å². The third-order valence-corrected chi connectivity index (χ3v) is 3.59. The van der Waals surface area contributed by atoms with Gasteiger partial charge in [-0.1, -0.05) is 29.8 Å². The molecule has 0 aliphatic heterocycles. The van der Waals surface area contributed by atoms with Crippen molar-refractivity contribution in [1.82, 2.24) is 20.5 Å². The minimum atomic E-state index is -0.0321. The summed E-state index contributed by atoms with van der Waals surface area (Å²) in [6.45, 7) is 0.846. The van der Waals surface area contributed by atoms with Crippen LogP contribution in [0.3, 0.4) is 0 Å². The molecule has 0 saturated carbocycles. The summed E-state index contributed by atoms with van der Waals surface area (Å²) < 4.78 is 5.30. The van der Waals surface area contributed by atoms with Crippen molar-refractivity contribution >= 4 is 17.7 Å². The van der Waals surface area contributed by atoms with Crippen LogP contribution in [0, 0.1) is 12.3 Å². The molecule has 1 aromatic carbocycles. The zero-order chi connectivity index (χ0) is 15.6. The summed E-state index contributed by atoms with van der Waals surface area (Å²) in [6.07, 6.45) is 7.30. The van der Waals surface area contributed by atoms with Crippen molar-refractivity contribution in [3.05, 3.63) is 36.2 Å². The Morgan fingerprint density at radius 1 is 1.41 bits per heavy atom. The van der Waals surface area contributed by atoms with Gasteiger partial charge < -0.3 is 10.1 Å². The summed E-state index contributed by atoms with van der Waals surface area (Å²) in [6, 6.07) is 7.66. The first-order valence-corrected chi connectivity index (χ1v) is 7.66. The zero-order valence-corrected chi connectivity index (χ0v) is 12.7. The van der Waals surface area contributed by atoms with Gasteiger partial charge in [0, 0.05) is 6.54 Å². The van der Waals surface area contributed by atoms with Gasteiger partial charge in [0.25, 0.3) is 0 Å². The summed E-state index contributed by atoms with van der Waals surface area (Å²) in [4.78, 5) is 15.6. The first kappa shape index (κ1) is 15.9. The average Bonchev–Trinajstić information content (AvgIpc) is 3.06. The van der Waals surface area contributed by atoms with E-state index >= 15 is 0 Å². The molecule has 2 N–H and O–H groups in total. The van der Waals surface area contributed by atoms with E-state index in [9.17, 15) is 4.79 Å². The van der Waals surface area contributed by atoms with E-state index in [0.29, 0.717) is 17.5 Å². The van der Waals surface area contributed by atoms with Gasteiger partial charge in [0.15, 0.2) is 5.16 Å². The minimum absolute atomic E-state index is 0.0321. The number of hydrogen-bond acceptors (Lipinski definition) is 5. The Morgan fingerprint density at radius 2 is 2.23 bits per heavy atom. The number of amides is 1. The normalized spacial score (nSPS) is 9.95. The van der Waals surface area contributed by atoms with Gasteiger partial charge in [-0.15, -0.1) is 6.42 Å². The molecule has 0 spiro atoms. The SMILES string of the molecule is C#CCOc1ccc(CCNC(=O)CSc2ncn[nH]2)cc1. The second-order valence-electron chi connectivity index (χ2n) is 4.32. The lowest BCUT2D eigenvalue weighted by Gasteiger charge is -2.06. The molecule has 7 heteroatoms. The van der Waals surface area contributed by atoms with E-state index in [1.54, 1.807) is 0 Å². The van der Waals surface area contributed by atoms with Crippen LogP contribution in [0.4, 0.5) is 0 Å². The molecule has 0 aliphatic rings. The first-order chi connectivity index (χ1) is 10.8. The Bertz CT molecular complexity index is 620. The zero-order valence-electron chi connectivity index (χ0n) is 11.9. The first-order valence-electron chi connectivity index (χ1n) is 6.68. The Kier molecular flexibility index (Phi) is 6.33. The van der Waals surface area contributed by atoms with Crippen LogP contribution < -0.4 is 10.1 Å². The van der Waals surface area contributed by atoms with Gasteiger partial charge in [-0.2, -0.15) is 5.10 Å². The van der Waals surface area contributed by atoms with Crippen LogP contribution in [0.5, 0.6) is 5.75 Å². The predicted molar refractivity (Wildman–Crippen MR) is 84.6 cm³/mol. The lowest BCUT2D eigenvalue weighted by Crippen LogP contribution is -2.27. The quantitative estimate of drug-likeness (QED) is 0.566. The number of carbonyl (C=O) groups excluding carboxylic acids is 1. The van der Waals surface area contributed by atoms with Crippen molar-refractivity contribution in [2.75, 3.05) is 18.9 Å². The molecule has 6 nitrogen and oxygen atoms in total. The Morgan fingerprint density at radius 3 is 2.91 bits per heavy atom. The Labute approximate surface area is 133 Å². The number of H-pyrrole nitrogens is 1. The smallest absolute Gasteiger partial charge is 0.230 e. The molecule has 0 atom stereocenters. The molecule has 2 aromatic rings. The standard InChI is InChI=1S/C15H16N4O2S/c1-2-9-21-13-5-3-12(4-6-13)7-8-16-14(20)10-22-15-17-11-18-19-15/h1,3-6,11H,7-10H2,(H,16,20)(H,17,18,19). The summed E-state index contributed by atoms with van der Waals surface area (Å²) >= 11 is 1.32. The number of hydrogen-bond donors (Lipinski definition) is 2. The topological polar surface area (TPSA) is 79.9 Å². The van der Waals surface area contributed by atoms with Crippen LogP contribution in [0.2, 0.25) is 0 Å². The number of benzene rings is 1. The molecule has 0 bridgehead atoms. The van der Waals surface area contributed by atoms with Gasteiger partial charge in [-0.25, -0.2) is 4.98 Å².